The first-order valence-electron chi connectivity index (χ1n) is 6.09. The summed E-state index contributed by atoms with van der Waals surface area (Å²) in [6, 6.07) is 7.27. The number of carboxylic acids is 1. The fraction of sp³-hybridized carbons (Fsp3) is 0.500. The maximum Gasteiger partial charge on any atom is 0.306 e. The standard InChI is InChI=1S/C14H18O3/c1-9-8-11(4-7-13(9)14(16)17)10-2-5-12(15)6-3-10/h2-3,5-6,9,11,13,15H,4,7-8H2,1H3,(H,16,17)/t9-,11-,13-/m1/s1. The normalized spacial score (nSPS) is 28.9. The Hall–Kier alpha value is -1.51. The minimum Gasteiger partial charge on any atom is -0.508 e. The molecule has 0 radical (unpaired) electrons. The summed E-state index contributed by atoms with van der Waals surface area (Å²) in [5.41, 5.74) is 1.21. The van der Waals surface area contributed by atoms with Crippen LogP contribution in [0.15, 0.2) is 24.3 Å². The molecular formula is C14H18O3. The Balaban J connectivity index is 2.06. The van der Waals surface area contributed by atoms with E-state index in [0.29, 0.717) is 5.92 Å². The number of phenolic OH excluding ortho intramolecular Hbond substituents is 1. The van der Waals surface area contributed by atoms with Crippen molar-refractivity contribution in [1.82, 2.24) is 0 Å². The smallest absolute Gasteiger partial charge is 0.306 e. The lowest BCUT2D eigenvalue weighted by Crippen LogP contribution is -2.28. The van der Waals surface area contributed by atoms with Gasteiger partial charge in [0.15, 0.2) is 0 Å². The van der Waals surface area contributed by atoms with E-state index in [1.165, 1.54) is 5.56 Å². The maximum absolute atomic E-state index is 11.0. The molecule has 3 heteroatoms. The van der Waals surface area contributed by atoms with Crippen molar-refractivity contribution in [3.05, 3.63) is 29.8 Å². The zero-order valence-corrected chi connectivity index (χ0v) is 9.97. The number of carboxylic acid groups (broad SMARTS) is 1. The van der Waals surface area contributed by atoms with Crippen LogP contribution in [0.2, 0.25) is 0 Å². The highest BCUT2D eigenvalue weighted by molar-refractivity contribution is 5.70. The van der Waals surface area contributed by atoms with Gasteiger partial charge in [0.2, 0.25) is 0 Å². The van der Waals surface area contributed by atoms with Crippen LogP contribution in [0, 0.1) is 11.8 Å². The lowest BCUT2D eigenvalue weighted by atomic mass is 9.73. The molecule has 0 amide bonds. The van der Waals surface area contributed by atoms with Gasteiger partial charge in [-0.2, -0.15) is 0 Å². The van der Waals surface area contributed by atoms with Crippen molar-refractivity contribution < 1.29 is 15.0 Å². The molecule has 1 aromatic carbocycles. The van der Waals surface area contributed by atoms with Crippen molar-refractivity contribution in [3.63, 3.8) is 0 Å². The summed E-state index contributed by atoms with van der Waals surface area (Å²) in [4.78, 5) is 11.0. The van der Waals surface area contributed by atoms with Crippen LogP contribution in [-0.2, 0) is 4.79 Å². The second-order valence-corrected chi connectivity index (χ2v) is 5.02. The number of phenols is 1. The Labute approximate surface area is 101 Å². The number of hydrogen-bond acceptors (Lipinski definition) is 2. The lowest BCUT2D eigenvalue weighted by Gasteiger charge is -2.32. The topological polar surface area (TPSA) is 57.5 Å². The van der Waals surface area contributed by atoms with Crippen molar-refractivity contribution >= 4 is 5.97 Å². The van der Waals surface area contributed by atoms with E-state index >= 15 is 0 Å². The summed E-state index contributed by atoms with van der Waals surface area (Å²) in [5.74, 6) is 0.0762. The number of rotatable bonds is 2. The van der Waals surface area contributed by atoms with Crippen molar-refractivity contribution in [2.75, 3.05) is 0 Å². The van der Waals surface area contributed by atoms with E-state index < -0.39 is 5.97 Å². The Kier molecular flexibility index (Phi) is 3.36. The van der Waals surface area contributed by atoms with Crippen LogP contribution in [-0.4, -0.2) is 16.2 Å². The van der Waals surface area contributed by atoms with Crippen LogP contribution in [0.4, 0.5) is 0 Å². The van der Waals surface area contributed by atoms with Crippen LogP contribution < -0.4 is 0 Å². The van der Waals surface area contributed by atoms with Gasteiger partial charge in [0, 0.05) is 0 Å². The number of hydrogen-bond donors (Lipinski definition) is 2. The molecule has 1 saturated carbocycles. The van der Waals surface area contributed by atoms with Gasteiger partial charge in [-0.1, -0.05) is 19.1 Å². The van der Waals surface area contributed by atoms with E-state index in [0.717, 1.165) is 19.3 Å². The van der Waals surface area contributed by atoms with E-state index in [-0.39, 0.29) is 17.6 Å². The predicted octanol–water partition coefficient (Wildman–Crippen LogP) is 3.00. The first kappa shape index (κ1) is 12.0. The van der Waals surface area contributed by atoms with Gasteiger partial charge in [0.05, 0.1) is 5.92 Å². The molecule has 2 rings (SSSR count). The third-order valence-corrected chi connectivity index (χ3v) is 3.85. The van der Waals surface area contributed by atoms with Crippen molar-refractivity contribution in [2.24, 2.45) is 11.8 Å². The van der Waals surface area contributed by atoms with Gasteiger partial charge in [-0.15, -0.1) is 0 Å². The van der Waals surface area contributed by atoms with Gasteiger partial charge in [0.25, 0.3) is 0 Å². The second-order valence-electron chi connectivity index (χ2n) is 5.02. The van der Waals surface area contributed by atoms with Crippen LogP contribution in [0.25, 0.3) is 0 Å². The Bertz CT molecular complexity index is 396. The molecule has 0 unspecified atom stereocenters. The molecule has 17 heavy (non-hydrogen) atoms. The average molecular weight is 234 g/mol. The fourth-order valence-corrected chi connectivity index (χ4v) is 2.81. The zero-order valence-electron chi connectivity index (χ0n) is 9.97. The number of benzene rings is 1. The molecule has 92 valence electrons. The van der Waals surface area contributed by atoms with Crippen LogP contribution in [0.1, 0.15) is 37.7 Å². The second kappa shape index (κ2) is 4.78. The van der Waals surface area contributed by atoms with Crippen molar-refractivity contribution in [2.45, 2.75) is 32.1 Å². The maximum atomic E-state index is 11.0. The van der Waals surface area contributed by atoms with Crippen molar-refractivity contribution in [1.29, 1.82) is 0 Å². The molecule has 1 aliphatic carbocycles. The van der Waals surface area contributed by atoms with E-state index in [9.17, 15) is 9.90 Å². The minimum absolute atomic E-state index is 0.191. The number of carbonyl (C=O) groups is 1. The summed E-state index contributed by atoms with van der Waals surface area (Å²) >= 11 is 0. The first-order valence-corrected chi connectivity index (χ1v) is 6.09. The molecular weight excluding hydrogens is 216 g/mol. The van der Waals surface area contributed by atoms with Crippen molar-refractivity contribution in [3.8, 4) is 5.75 Å². The minimum atomic E-state index is -0.665. The summed E-state index contributed by atoms with van der Waals surface area (Å²) in [6.45, 7) is 2.02. The van der Waals surface area contributed by atoms with Crippen LogP contribution >= 0.6 is 0 Å². The van der Waals surface area contributed by atoms with E-state index in [1.54, 1.807) is 12.1 Å². The van der Waals surface area contributed by atoms with Gasteiger partial charge >= 0.3 is 5.97 Å². The fourth-order valence-electron chi connectivity index (χ4n) is 2.81. The highest BCUT2D eigenvalue weighted by Gasteiger charge is 2.32. The number of aromatic hydroxyl groups is 1. The SMILES string of the molecule is C[C@@H]1C[C@H](c2ccc(O)cc2)CC[C@H]1C(=O)O. The molecule has 1 fully saturated rings. The van der Waals surface area contributed by atoms with Gasteiger partial charge < -0.3 is 10.2 Å². The number of aliphatic carboxylic acids is 1. The first-order chi connectivity index (χ1) is 8.08. The van der Waals surface area contributed by atoms with E-state index in [1.807, 2.05) is 19.1 Å². The average Bonchev–Trinajstić information content (AvgIpc) is 2.29. The van der Waals surface area contributed by atoms with Gasteiger partial charge in [0.1, 0.15) is 5.75 Å². The predicted molar refractivity (Wildman–Crippen MR) is 65.0 cm³/mol. The van der Waals surface area contributed by atoms with E-state index in [2.05, 4.69) is 0 Å². The van der Waals surface area contributed by atoms with Gasteiger partial charge in [-0.3, -0.25) is 4.79 Å². The molecule has 1 aromatic rings. The molecule has 0 aliphatic heterocycles. The largest absolute Gasteiger partial charge is 0.508 e. The lowest BCUT2D eigenvalue weighted by molar-refractivity contribution is -0.144. The molecule has 1 aliphatic rings. The van der Waals surface area contributed by atoms with Crippen LogP contribution in [0.3, 0.4) is 0 Å². The molecule has 3 nitrogen and oxygen atoms in total. The third kappa shape index (κ3) is 2.60. The summed E-state index contributed by atoms with van der Waals surface area (Å²) in [7, 11) is 0. The third-order valence-electron chi connectivity index (χ3n) is 3.85. The monoisotopic (exact) mass is 234 g/mol. The van der Waals surface area contributed by atoms with E-state index in [4.69, 9.17) is 5.11 Å². The summed E-state index contributed by atoms with van der Waals surface area (Å²) in [5, 5.41) is 18.3. The zero-order chi connectivity index (χ0) is 12.4. The molecule has 0 saturated heterocycles. The molecule has 0 aromatic heterocycles. The molecule has 0 bridgehead atoms. The molecule has 3 atom stereocenters. The highest BCUT2D eigenvalue weighted by Crippen LogP contribution is 2.39. The quantitative estimate of drug-likeness (QED) is 0.827. The molecule has 2 N–H and O–H groups in total. The molecule has 0 heterocycles. The Morgan fingerprint density at radius 1 is 1.24 bits per heavy atom. The highest BCUT2D eigenvalue weighted by atomic mass is 16.4. The molecule has 0 spiro atoms. The summed E-state index contributed by atoms with van der Waals surface area (Å²) < 4.78 is 0. The van der Waals surface area contributed by atoms with Gasteiger partial charge in [-0.05, 0) is 48.8 Å². The van der Waals surface area contributed by atoms with Crippen LogP contribution in [0.5, 0.6) is 5.75 Å². The van der Waals surface area contributed by atoms with Gasteiger partial charge in [-0.25, -0.2) is 0 Å². The Morgan fingerprint density at radius 2 is 1.88 bits per heavy atom. The summed E-state index contributed by atoms with van der Waals surface area (Å²) in [6.07, 6.45) is 2.59. The Morgan fingerprint density at radius 3 is 2.41 bits per heavy atom.